The summed E-state index contributed by atoms with van der Waals surface area (Å²) in [5, 5.41) is 0. The van der Waals surface area contributed by atoms with E-state index in [-0.39, 0.29) is 25.6 Å². The first-order chi connectivity index (χ1) is 10.6. The van der Waals surface area contributed by atoms with Gasteiger partial charge < -0.3 is 9.47 Å². The van der Waals surface area contributed by atoms with Gasteiger partial charge in [-0.05, 0) is 6.42 Å². The van der Waals surface area contributed by atoms with E-state index in [9.17, 15) is 9.59 Å². The fourth-order valence-electron chi connectivity index (χ4n) is 1.83. The summed E-state index contributed by atoms with van der Waals surface area (Å²) in [5.41, 5.74) is 0. The molecule has 0 amide bonds. The molecule has 0 spiro atoms. The maximum atomic E-state index is 12.2. The van der Waals surface area contributed by atoms with Gasteiger partial charge in [-0.1, -0.05) is 37.5 Å². The molecule has 0 saturated carbocycles. The third kappa shape index (κ3) is 8.21. The van der Waals surface area contributed by atoms with E-state index in [1.54, 1.807) is 12.2 Å². The smallest absolute Gasteiger partial charge is 0.323 e. The summed E-state index contributed by atoms with van der Waals surface area (Å²) in [6.45, 7) is 15.6. The van der Waals surface area contributed by atoms with E-state index in [0.717, 1.165) is 0 Å². The first-order valence-corrected chi connectivity index (χ1v) is 7.10. The number of carbonyl (C=O) groups excluding carboxylic acids is 2. The van der Waals surface area contributed by atoms with Gasteiger partial charge in [-0.25, -0.2) is 0 Å². The van der Waals surface area contributed by atoms with E-state index in [2.05, 4.69) is 26.3 Å². The molecule has 0 aromatic heterocycles. The molecule has 0 aromatic rings. The number of rotatable bonds is 13. The fourth-order valence-corrected chi connectivity index (χ4v) is 1.83. The largest absolute Gasteiger partial charge is 0.461 e. The highest BCUT2D eigenvalue weighted by Crippen LogP contribution is 2.11. The molecule has 0 bridgehead atoms. The van der Waals surface area contributed by atoms with Crippen molar-refractivity contribution in [2.45, 2.75) is 18.9 Å². The van der Waals surface area contributed by atoms with Crippen LogP contribution >= 0.6 is 0 Å². The number of ether oxygens (including phenoxy) is 2. The van der Waals surface area contributed by atoms with Crippen molar-refractivity contribution in [3.05, 3.63) is 50.6 Å². The summed E-state index contributed by atoms with van der Waals surface area (Å²) in [4.78, 5) is 25.6. The summed E-state index contributed by atoms with van der Waals surface area (Å²) < 4.78 is 10.0. The Balaban J connectivity index is 4.80. The summed E-state index contributed by atoms with van der Waals surface area (Å²) in [5.74, 6) is -0.779. The lowest BCUT2D eigenvalue weighted by Crippen LogP contribution is -2.43. The molecule has 22 heavy (non-hydrogen) atoms. The zero-order valence-corrected chi connectivity index (χ0v) is 13.0. The van der Waals surface area contributed by atoms with Crippen LogP contribution in [0.4, 0.5) is 0 Å². The van der Waals surface area contributed by atoms with Gasteiger partial charge in [0.1, 0.15) is 19.3 Å². The van der Waals surface area contributed by atoms with Crippen molar-refractivity contribution >= 4 is 11.9 Å². The predicted octanol–water partition coefficient (Wildman–Crippen LogP) is 2.27. The quantitative estimate of drug-likeness (QED) is 0.386. The van der Waals surface area contributed by atoms with E-state index in [4.69, 9.17) is 9.47 Å². The van der Waals surface area contributed by atoms with E-state index in [0.29, 0.717) is 19.5 Å². The molecule has 0 saturated heterocycles. The highest BCUT2D eigenvalue weighted by atomic mass is 16.5. The molecular weight excluding hydrogens is 282 g/mol. The van der Waals surface area contributed by atoms with Gasteiger partial charge in [-0.2, -0.15) is 0 Å². The Hall–Kier alpha value is -2.14. The minimum absolute atomic E-state index is 0.118. The SMILES string of the molecule is C=CCOC(=O)CC[C@@H](C(=O)OCC=C)N(CC=C)CC=C. The van der Waals surface area contributed by atoms with Gasteiger partial charge in [-0.15, -0.1) is 13.2 Å². The summed E-state index contributed by atoms with van der Waals surface area (Å²) in [6, 6.07) is -0.563. The lowest BCUT2D eigenvalue weighted by molar-refractivity contribution is -0.149. The van der Waals surface area contributed by atoms with Crippen LogP contribution in [-0.2, 0) is 19.1 Å². The first kappa shape index (κ1) is 19.9. The number of hydrogen-bond acceptors (Lipinski definition) is 5. The molecule has 0 rings (SSSR count). The van der Waals surface area contributed by atoms with Gasteiger partial charge in [0.25, 0.3) is 0 Å². The lowest BCUT2D eigenvalue weighted by Gasteiger charge is -2.27. The van der Waals surface area contributed by atoms with Crippen LogP contribution in [0.2, 0.25) is 0 Å². The Bertz CT molecular complexity index is 393. The minimum Gasteiger partial charge on any atom is -0.461 e. The zero-order chi connectivity index (χ0) is 16.8. The van der Waals surface area contributed by atoms with Gasteiger partial charge in [-0.3, -0.25) is 14.5 Å². The van der Waals surface area contributed by atoms with Crippen LogP contribution in [0.15, 0.2) is 50.6 Å². The number of nitrogens with zero attached hydrogens (tertiary/aromatic N) is 1. The second-order valence-electron chi connectivity index (χ2n) is 4.48. The van der Waals surface area contributed by atoms with E-state index >= 15 is 0 Å². The molecule has 0 aliphatic carbocycles. The highest BCUT2D eigenvalue weighted by Gasteiger charge is 2.26. The molecule has 0 aliphatic rings. The molecule has 0 aliphatic heterocycles. The normalized spacial score (nSPS) is 11.3. The molecule has 0 heterocycles. The molecule has 0 unspecified atom stereocenters. The van der Waals surface area contributed by atoms with Crippen molar-refractivity contribution in [1.29, 1.82) is 0 Å². The minimum atomic E-state index is -0.563. The van der Waals surface area contributed by atoms with Crippen molar-refractivity contribution < 1.29 is 19.1 Å². The molecule has 5 heteroatoms. The highest BCUT2D eigenvalue weighted by molar-refractivity contribution is 5.77. The van der Waals surface area contributed by atoms with E-state index in [1.807, 2.05) is 4.90 Å². The van der Waals surface area contributed by atoms with Crippen LogP contribution in [0.5, 0.6) is 0 Å². The number of hydrogen-bond donors (Lipinski definition) is 0. The second kappa shape index (κ2) is 12.6. The van der Waals surface area contributed by atoms with Crippen molar-refractivity contribution in [2.24, 2.45) is 0 Å². The standard InChI is InChI=1S/C17H25NO4/c1-5-11-18(12-6-2)15(17(20)22-14-8-4)9-10-16(19)21-13-7-3/h5-8,15H,1-4,9-14H2/t15-/m0/s1. The molecule has 0 aromatic carbocycles. The Labute approximate surface area is 132 Å². The van der Waals surface area contributed by atoms with Gasteiger partial charge in [0.05, 0.1) is 0 Å². The van der Waals surface area contributed by atoms with Crippen LogP contribution in [-0.4, -0.2) is 49.2 Å². The maximum absolute atomic E-state index is 12.2. The van der Waals surface area contributed by atoms with Crippen molar-refractivity contribution in [3.8, 4) is 0 Å². The van der Waals surface area contributed by atoms with Gasteiger partial charge in [0.2, 0.25) is 0 Å². The number of esters is 2. The molecule has 0 radical (unpaired) electrons. The monoisotopic (exact) mass is 307 g/mol. The zero-order valence-electron chi connectivity index (χ0n) is 13.0. The lowest BCUT2D eigenvalue weighted by atomic mass is 10.1. The maximum Gasteiger partial charge on any atom is 0.323 e. The fraction of sp³-hybridized carbons (Fsp3) is 0.412. The van der Waals surface area contributed by atoms with Crippen LogP contribution in [0.1, 0.15) is 12.8 Å². The summed E-state index contributed by atoms with van der Waals surface area (Å²) >= 11 is 0. The molecule has 122 valence electrons. The van der Waals surface area contributed by atoms with E-state index in [1.165, 1.54) is 12.2 Å². The van der Waals surface area contributed by atoms with E-state index < -0.39 is 12.0 Å². The molecule has 5 nitrogen and oxygen atoms in total. The van der Waals surface area contributed by atoms with Gasteiger partial charge in [0.15, 0.2) is 0 Å². The third-order valence-electron chi connectivity index (χ3n) is 2.77. The Morgan fingerprint density at radius 3 is 1.95 bits per heavy atom. The predicted molar refractivity (Wildman–Crippen MR) is 87.3 cm³/mol. The topological polar surface area (TPSA) is 55.8 Å². The average Bonchev–Trinajstić information content (AvgIpc) is 2.51. The van der Waals surface area contributed by atoms with Crippen LogP contribution in [0.3, 0.4) is 0 Å². The Kier molecular flexibility index (Phi) is 11.4. The van der Waals surface area contributed by atoms with Crippen LogP contribution < -0.4 is 0 Å². The average molecular weight is 307 g/mol. The molecular formula is C17H25NO4. The molecule has 1 atom stereocenters. The third-order valence-corrected chi connectivity index (χ3v) is 2.77. The summed E-state index contributed by atoms with van der Waals surface area (Å²) in [6.07, 6.45) is 6.79. The van der Waals surface area contributed by atoms with Gasteiger partial charge >= 0.3 is 11.9 Å². The Morgan fingerprint density at radius 1 is 0.909 bits per heavy atom. The number of carbonyl (C=O) groups is 2. The van der Waals surface area contributed by atoms with Crippen molar-refractivity contribution in [1.82, 2.24) is 4.90 Å². The Morgan fingerprint density at radius 2 is 1.45 bits per heavy atom. The van der Waals surface area contributed by atoms with Crippen molar-refractivity contribution in [3.63, 3.8) is 0 Å². The first-order valence-electron chi connectivity index (χ1n) is 7.10. The van der Waals surface area contributed by atoms with Crippen LogP contribution in [0.25, 0.3) is 0 Å². The summed E-state index contributed by atoms with van der Waals surface area (Å²) in [7, 11) is 0. The van der Waals surface area contributed by atoms with Crippen LogP contribution in [0, 0.1) is 0 Å². The molecule has 0 N–H and O–H groups in total. The second-order valence-corrected chi connectivity index (χ2v) is 4.48. The van der Waals surface area contributed by atoms with Crippen molar-refractivity contribution in [2.75, 3.05) is 26.3 Å². The van der Waals surface area contributed by atoms with Gasteiger partial charge in [0, 0.05) is 19.5 Å². The molecule has 0 fully saturated rings.